The van der Waals surface area contributed by atoms with Crippen LogP contribution in [0, 0.1) is 6.92 Å². The van der Waals surface area contributed by atoms with E-state index in [-0.39, 0.29) is 5.83 Å². The van der Waals surface area contributed by atoms with Crippen molar-refractivity contribution in [3.63, 3.8) is 0 Å². The zero-order valence-corrected chi connectivity index (χ0v) is 14.4. The fourth-order valence-electron chi connectivity index (χ4n) is 2.74. The van der Waals surface area contributed by atoms with E-state index in [0.717, 1.165) is 33.5 Å². The van der Waals surface area contributed by atoms with E-state index < -0.39 is 6.10 Å². The highest BCUT2D eigenvalue weighted by atomic mass is 19.1. The van der Waals surface area contributed by atoms with Crippen LogP contribution in [0.4, 0.5) is 4.39 Å². The van der Waals surface area contributed by atoms with E-state index in [2.05, 4.69) is 4.98 Å². The smallest absolute Gasteiger partial charge is 0.132 e. The summed E-state index contributed by atoms with van der Waals surface area (Å²) in [5.74, 6) is 0.583. The van der Waals surface area contributed by atoms with Gasteiger partial charge < -0.3 is 9.47 Å². The first-order valence-electron chi connectivity index (χ1n) is 8.06. The van der Waals surface area contributed by atoms with Crippen molar-refractivity contribution in [1.29, 1.82) is 0 Å². The highest BCUT2D eigenvalue weighted by Gasteiger charge is 2.21. The first-order chi connectivity index (χ1) is 11.1. The number of rotatable bonds is 2. The van der Waals surface area contributed by atoms with Crippen LogP contribution in [0.15, 0.2) is 30.1 Å². The molecule has 0 aliphatic carbocycles. The summed E-state index contributed by atoms with van der Waals surface area (Å²) in [7, 11) is 1.64. The van der Waals surface area contributed by atoms with E-state index in [4.69, 9.17) is 9.47 Å². The highest BCUT2D eigenvalue weighted by Crippen LogP contribution is 2.34. The summed E-state index contributed by atoms with van der Waals surface area (Å²) < 4.78 is 25.0. The van der Waals surface area contributed by atoms with Gasteiger partial charge in [0.1, 0.15) is 17.7 Å². The lowest BCUT2D eigenvalue weighted by molar-refractivity contribution is 0.0696. The lowest BCUT2D eigenvalue weighted by Gasteiger charge is -2.22. The van der Waals surface area contributed by atoms with Crippen LogP contribution in [0.1, 0.15) is 38.4 Å². The molecule has 0 bridgehead atoms. The summed E-state index contributed by atoms with van der Waals surface area (Å²) in [6.07, 6.45) is 0.117. The average molecular weight is 317 g/mol. The molecule has 1 aliphatic rings. The monoisotopic (exact) mass is 317 g/mol. The molecule has 2 heterocycles. The van der Waals surface area contributed by atoms with Crippen molar-refractivity contribution in [2.45, 2.75) is 40.2 Å². The summed E-state index contributed by atoms with van der Waals surface area (Å²) in [5, 5.41) is 0.903. The van der Waals surface area contributed by atoms with Gasteiger partial charge in [-0.3, -0.25) is 4.98 Å². The largest absolute Gasteiger partial charge is 0.496 e. The molecule has 1 unspecified atom stereocenters. The van der Waals surface area contributed by atoms with Crippen molar-refractivity contribution in [2.24, 2.45) is 0 Å². The number of fused-ring (bicyclic) bond motifs is 1. The topological polar surface area (TPSA) is 31.4 Å². The molecular weight excluding hydrogens is 293 g/mol. The number of halogens is 1. The molecule has 1 aromatic heterocycles. The van der Waals surface area contributed by atoms with Gasteiger partial charge in [0.05, 0.1) is 19.2 Å². The second-order valence-electron chi connectivity index (χ2n) is 5.29. The molecule has 0 saturated heterocycles. The van der Waals surface area contributed by atoms with Crippen LogP contribution in [0.3, 0.4) is 0 Å². The van der Waals surface area contributed by atoms with E-state index in [1.54, 1.807) is 14.0 Å². The van der Waals surface area contributed by atoms with Crippen LogP contribution in [0.2, 0.25) is 0 Å². The second kappa shape index (κ2) is 7.55. The molecular formula is C19H24FNO2. The Kier molecular flexibility index (Phi) is 5.72. The normalized spacial score (nSPS) is 17.7. The average Bonchev–Trinajstić information content (AvgIpc) is 2.58. The van der Waals surface area contributed by atoms with Crippen LogP contribution in [0.25, 0.3) is 16.5 Å². The van der Waals surface area contributed by atoms with E-state index in [1.807, 2.05) is 45.0 Å². The Labute approximate surface area is 137 Å². The minimum atomic E-state index is -0.470. The van der Waals surface area contributed by atoms with Crippen LogP contribution >= 0.6 is 0 Å². The van der Waals surface area contributed by atoms with E-state index in [0.29, 0.717) is 13.0 Å². The maximum Gasteiger partial charge on any atom is 0.132 e. The molecule has 1 atom stereocenters. The first-order valence-corrected chi connectivity index (χ1v) is 8.06. The van der Waals surface area contributed by atoms with Gasteiger partial charge in [-0.05, 0) is 43.5 Å². The molecule has 23 heavy (non-hydrogen) atoms. The summed E-state index contributed by atoms with van der Waals surface area (Å²) in [6, 6.07) is 7.68. The summed E-state index contributed by atoms with van der Waals surface area (Å²) in [5.41, 5.74) is 3.35. The predicted octanol–water partition coefficient (Wildman–Crippen LogP) is 5.07. The minimum Gasteiger partial charge on any atom is -0.496 e. The van der Waals surface area contributed by atoms with E-state index in [1.165, 1.54) is 0 Å². The standard InChI is InChI=1S/C17H18FNO2.C2H6/c1-10-8-16(20-3)14-9-12(4-5-15(14)19-10)13-6-7-21-11(2)17(13)18;1-2/h4-5,8-9,11H,6-7H2,1-3H3;1-2H3. The lowest BCUT2D eigenvalue weighted by Crippen LogP contribution is -2.17. The molecule has 0 fully saturated rings. The summed E-state index contributed by atoms with van der Waals surface area (Å²) in [6.45, 7) is 8.21. The van der Waals surface area contributed by atoms with Gasteiger partial charge in [0.15, 0.2) is 0 Å². The van der Waals surface area contributed by atoms with Crippen LogP contribution in [-0.2, 0) is 4.74 Å². The number of aromatic nitrogens is 1. The maximum absolute atomic E-state index is 14.3. The third-order valence-corrected chi connectivity index (χ3v) is 3.83. The maximum atomic E-state index is 14.3. The molecule has 2 aromatic rings. The van der Waals surface area contributed by atoms with Crippen LogP contribution in [0.5, 0.6) is 5.75 Å². The molecule has 124 valence electrons. The Morgan fingerprint density at radius 2 is 2.00 bits per heavy atom. The highest BCUT2D eigenvalue weighted by molar-refractivity contribution is 5.89. The fraction of sp³-hybridized carbons (Fsp3) is 0.421. The van der Waals surface area contributed by atoms with Gasteiger partial charge in [0.2, 0.25) is 0 Å². The molecule has 0 spiro atoms. The van der Waals surface area contributed by atoms with Crippen molar-refractivity contribution in [2.75, 3.05) is 13.7 Å². The molecule has 0 N–H and O–H groups in total. The molecule has 4 heteroatoms. The second-order valence-corrected chi connectivity index (χ2v) is 5.29. The van der Waals surface area contributed by atoms with Crippen molar-refractivity contribution < 1.29 is 13.9 Å². The van der Waals surface area contributed by atoms with Gasteiger partial charge in [-0.1, -0.05) is 19.9 Å². The lowest BCUT2D eigenvalue weighted by atomic mass is 9.97. The molecule has 0 amide bonds. The number of ether oxygens (including phenoxy) is 2. The Morgan fingerprint density at radius 3 is 2.70 bits per heavy atom. The molecule has 0 radical (unpaired) electrons. The Hall–Kier alpha value is -1.94. The van der Waals surface area contributed by atoms with Gasteiger partial charge >= 0.3 is 0 Å². The molecule has 1 aliphatic heterocycles. The van der Waals surface area contributed by atoms with Gasteiger partial charge in [-0.25, -0.2) is 4.39 Å². The number of nitrogens with zero attached hydrogens (tertiary/aromatic N) is 1. The van der Waals surface area contributed by atoms with E-state index >= 15 is 0 Å². The SMILES string of the molecule is CC.COc1cc(C)nc2ccc(C3=C(F)C(C)OCC3)cc12. The van der Waals surface area contributed by atoms with Gasteiger partial charge in [0.25, 0.3) is 0 Å². The molecule has 1 aromatic carbocycles. The Balaban J connectivity index is 0.000000924. The van der Waals surface area contributed by atoms with Crippen molar-refractivity contribution in [3.8, 4) is 5.75 Å². The molecule has 0 saturated carbocycles. The minimum absolute atomic E-state index is 0.181. The quantitative estimate of drug-likeness (QED) is 0.775. The van der Waals surface area contributed by atoms with Crippen molar-refractivity contribution >= 4 is 16.5 Å². The van der Waals surface area contributed by atoms with Gasteiger partial charge in [-0.15, -0.1) is 0 Å². The van der Waals surface area contributed by atoms with Crippen LogP contribution < -0.4 is 4.74 Å². The first kappa shape index (κ1) is 17.4. The zero-order valence-electron chi connectivity index (χ0n) is 14.4. The number of methoxy groups -OCH3 is 1. The van der Waals surface area contributed by atoms with Crippen LogP contribution in [-0.4, -0.2) is 24.8 Å². The Bertz CT molecular complexity index is 725. The summed E-state index contributed by atoms with van der Waals surface area (Å²) >= 11 is 0. The fourth-order valence-corrected chi connectivity index (χ4v) is 2.74. The molecule has 3 rings (SSSR count). The van der Waals surface area contributed by atoms with Crippen molar-refractivity contribution in [3.05, 3.63) is 41.3 Å². The number of hydrogen-bond donors (Lipinski definition) is 0. The molecule has 3 nitrogen and oxygen atoms in total. The Morgan fingerprint density at radius 1 is 1.26 bits per heavy atom. The summed E-state index contributed by atoms with van der Waals surface area (Å²) in [4.78, 5) is 4.49. The third kappa shape index (κ3) is 3.53. The number of pyridine rings is 1. The number of benzene rings is 1. The predicted molar refractivity (Wildman–Crippen MR) is 92.4 cm³/mol. The van der Waals surface area contributed by atoms with Crippen molar-refractivity contribution in [1.82, 2.24) is 4.98 Å². The zero-order chi connectivity index (χ0) is 17.0. The van der Waals surface area contributed by atoms with E-state index in [9.17, 15) is 4.39 Å². The van der Waals surface area contributed by atoms with Gasteiger partial charge in [-0.2, -0.15) is 0 Å². The van der Waals surface area contributed by atoms with Gasteiger partial charge in [0, 0.05) is 17.1 Å². The number of aryl methyl sites for hydroxylation is 1. The number of hydrogen-bond acceptors (Lipinski definition) is 3. The third-order valence-electron chi connectivity index (χ3n) is 3.83.